The van der Waals surface area contributed by atoms with Crippen LogP contribution in [0.25, 0.3) is 5.69 Å². The maximum Gasteiger partial charge on any atom is 0.287 e. The van der Waals surface area contributed by atoms with E-state index in [1.165, 1.54) is 12.1 Å². The molecule has 2 aromatic rings. The minimum Gasteiger partial charge on any atom is -0.310 e. The number of nitrogens with one attached hydrogen (secondary N) is 2. The SMILES string of the molecule is CC(C)(C)C(=O)Nc1[nH]n(-c2c(Cl)cc(Cl)cc2Cl)c(=O)c1Br. The first-order chi connectivity index (χ1) is 10.5. The third-order valence-electron chi connectivity index (χ3n) is 2.96. The summed E-state index contributed by atoms with van der Waals surface area (Å²) in [5.41, 5.74) is -0.811. The van der Waals surface area contributed by atoms with Crippen LogP contribution < -0.4 is 10.9 Å². The van der Waals surface area contributed by atoms with E-state index < -0.39 is 11.0 Å². The van der Waals surface area contributed by atoms with E-state index in [9.17, 15) is 9.59 Å². The number of H-pyrrole nitrogens is 1. The Bertz CT molecular complexity index is 814. The van der Waals surface area contributed by atoms with Gasteiger partial charge in [0.2, 0.25) is 5.91 Å². The third-order valence-corrected chi connectivity index (χ3v) is 4.49. The Kier molecular flexibility index (Phi) is 5.21. The summed E-state index contributed by atoms with van der Waals surface area (Å²) in [6, 6.07) is 2.94. The number of amides is 1. The topological polar surface area (TPSA) is 66.9 Å². The molecular formula is C14H13BrCl3N3O2. The van der Waals surface area contributed by atoms with E-state index >= 15 is 0 Å². The number of carbonyl (C=O) groups excluding carboxylic acids is 1. The Morgan fingerprint density at radius 2 is 1.74 bits per heavy atom. The molecule has 0 bridgehead atoms. The Balaban J connectivity index is 2.54. The van der Waals surface area contributed by atoms with Gasteiger partial charge in [-0.15, -0.1) is 0 Å². The Morgan fingerprint density at radius 1 is 1.22 bits per heavy atom. The zero-order valence-corrected chi connectivity index (χ0v) is 16.3. The minimum absolute atomic E-state index is 0.164. The van der Waals surface area contributed by atoms with Crippen molar-refractivity contribution >= 4 is 62.5 Å². The summed E-state index contributed by atoms with van der Waals surface area (Å²) in [6.45, 7) is 5.29. The van der Waals surface area contributed by atoms with E-state index in [0.717, 1.165) is 4.68 Å². The predicted molar refractivity (Wildman–Crippen MR) is 97.2 cm³/mol. The molecule has 1 aromatic heterocycles. The summed E-state index contributed by atoms with van der Waals surface area (Å²) in [4.78, 5) is 24.5. The van der Waals surface area contributed by atoms with Crippen LogP contribution in [0.2, 0.25) is 15.1 Å². The maximum atomic E-state index is 12.4. The van der Waals surface area contributed by atoms with Crippen molar-refractivity contribution in [3.05, 3.63) is 42.0 Å². The smallest absolute Gasteiger partial charge is 0.287 e. The molecule has 1 heterocycles. The van der Waals surface area contributed by atoms with Gasteiger partial charge in [-0.1, -0.05) is 55.6 Å². The summed E-state index contributed by atoms with van der Waals surface area (Å²) in [7, 11) is 0. The first-order valence-electron chi connectivity index (χ1n) is 6.49. The molecule has 23 heavy (non-hydrogen) atoms. The highest BCUT2D eigenvalue weighted by molar-refractivity contribution is 9.10. The molecule has 0 spiro atoms. The average molecular weight is 442 g/mol. The second-order valence-corrected chi connectivity index (χ2v) is 7.91. The van der Waals surface area contributed by atoms with E-state index in [-0.39, 0.29) is 31.9 Å². The largest absolute Gasteiger partial charge is 0.310 e. The number of rotatable bonds is 2. The van der Waals surface area contributed by atoms with Crippen LogP contribution >= 0.6 is 50.7 Å². The van der Waals surface area contributed by atoms with Crippen LogP contribution in [0.15, 0.2) is 21.4 Å². The van der Waals surface area contributed by atoms with Crippen molar-refractivity contribution in [3.8, 4) is 5.69 Å². The first kappa shape index (κ1) is 18.4. The molecule has 2 rings (SSSR count). The van der Waals surface area contributed by atoms with E-state index in [1.54, 1.807) is 20.8 Å². The molecule has 0 unspecified atom stereocenters. The monoisotopic (exact) mass is 439 g/mol. The van der Waals surface area contributed by atoms with Crippen molar-refractivity contribution in [3.63, 3.8) is 0 Å². The maximum absolute atomic E-state index is 12.4. The third kappa shape index (κ3) is 3.76. The van der Waals surface area contributed by atoms with E-state index in [1.807, 2.05) is 0 Å². The molecule has 2 N–H and O–H groups in total. The predicted octanol–water partition coefficient (Wildman–Crippen LogP) is 4.87. The van der Waals surface area contributed by atoms with Gasteiger partial charge in [0.1, 0.15) is 16.0 Å². The number of anilines is 1. The summed E-state index contributed by atoms with van der Waals surface area (Å²) in [5.74, 6) is -0.0306. The van der Waals surface area contributed by atoms with Gasteiger partial charge in [0.15, 0.2) is 0 Å². The van der Waals surface area contributed by atoms with Crippen LogP contribution in [-0.2, 0) is 4.79 Å². The Morgan fingerprint density at radius 3 is 2.22 bits per heavy atom. The van der Waals surface area contributed by atoms with Crippen LogP contribution in [0.3, 0.4) is 0 Å². The molecule has 0 aliphatic carbocycles. The number of aromatic amines is 1. The second kappa shape index (κ2) is 6.51. The molecule has 124 valence electrons. The van der Waals surface area contributed by atoms with E-state index in [2.05, 4.69) is 26.3 Å². The summed E-state index contributed by atoms with van der Waals surface area (Å²) in [5, 5.41) is 6.19. The van der Waals surface area contributed by atoms with Crippen LogP contribution in [0.5, 0.6) is 0 Å². The molecule has 0 atom stereocenters. The average Bonchev–Trinajstić information content (AvgIpc) is 2.65. The number of halogens is 4. The van der Waals surface area contributed by atoms with Gasteiger partial charge in [-0.25, -0.2) is 4.68 Å². The van der Waals surface area contributed by atoms with Crippen molar-refractivity contribution in [2.45, 2.75) is 20.8 Å². The van der Waals surface area contributed by atoms with E-state index in [4.69, 9.17) is 34.8 Å². The summed E-state index contributed by atoms with van der Waals surface area (Å²) >= 11 is 21.3. The van der Waals surface area contributed by atoms with Gasteiger partial charge in [0.05, 0.1) is 10.0 Å². The highest BCUT2D eigenvalue weighted by Crippen LogP contribution is 2.32. The van der Waals surface area contributed by atoms with Gasteiger partial charge in [-0.2, -0.15) is 0 Å². The number of nitrogens with zero attached hydrogens (tertiary/aromatic N) is 1. The van der Waals surface area contributed by atoms with E-state index in [0.29, 0.717) is 5.02 Å². The molecule has 0 aliphatic heterocycles. The quantitative estimate of drug-likeness (QED) is 0.698. The molecule has 0 aliphatic rings. The van der Waals surface area contributed by atoms with Crippen molar-refractivity contribution in [2.75, 3.05) is 5.32 Å². The standard InChI is InChI=1S/C14H13BrCl3N3O2/c1-14(2,3)13(23)19-11-9(15)12(22)21(20-11)10-7(17)4-6(16)5-8(10)18/h4-5,20H,1-3H3,(H,19,23). The zero-order chi connectivity index (χ0) is 17.5. The van der Waals surface area contributed by atoms with Crippen molar-refractivity contribution in [1.82, 2.24) is 9.78 Å². The lowest BCUT2D eigenvalue weighted by Crippen LogP contribution is -2.28. The van der Waals surface area contributed by atoms with Crippen molar-refractivity contribution in [1.29, 1.82) is 0 Å². The van der Waals surface area contributed by atoms with Gasteiger partial charge in [0, 0.05) is 10.4 Å². The fourth-order valence-electron chi connectivity index (χ4n) is 1.71. The van der Waals surface area contributed by atoms with Crippen molar-refractivity contribution < 1.29 is 4.79 Å². The molecule has 9 heteroatoms. The van der Waals surface area contributed by atoms with Gasteiger partial charge < -0.3 is 5.32 Å². The molecule has 5 nitrogen and oxygen atoms in total. The minimum atomic E-state index is -0.617. The number of hydrogen-bond acceptors (Lipinski definition) is 2. The molecule has 1 amide bonds. The molecule has 0 saturated carbocycles. The molecular weight excluding hydrogens is 428 g/mol. The highest BCUT2D eigenvalue weighted by atomic mass is 79.9. The highest BCUT2D eigenvalue weighted by Gasteiger charge is 2.25. The zero-order valence-electron chi connectivity index (χ0n) is 12.4. The number of carbonyl (C=O) groups is 1. The molecule has 1 aromatic carbocycles. The number of benzene rings is 1. The fraction of sp³-hybridized carbons (Fsp3) is 0.286. The second-order valence-electron chi connectivity index (χ2n) is 5.86. The Labute approximate surface area is 156 Å². The van der Waals surface area contributed by atoms with Crippen LogP contribution in [0, 0.1) is 5.41 Å². The number of aromatic nitrogens is 2. The summed E-state index contributed by atoms with van der Waals surface area (Å²) < 4.78 is 1.31. The molecule has 0 radical (unpaired) electrons. The molecule has 0 fully saturated rings. The van der Waals surface area contributed by atoms with Crippen molar-refractivity contribution in [2.24, 2.45) is 5.41 Å². The summed E-state index contributed by atoms with van der Waals surface area (Å²) in [6.07, 6.45) is 0. The lowest BCUT2D eigenvalue weighted by Gasteiger charge is -2.16. The van der Waals surface area contributed by atoms with Gasteiger partial charge in [-0.05, 0) is 28.1 Å². The lowest BCUT2D eigenvalue weighted by atomic mass is 9.96. The molecule has 0 saturated heterocycles. The normalized spacial score (nSPS) is 11.6. The van der Waals surface area contributed by atoms with Crippen LogP contribution in [0.4, 0.5) is 5.82 Å². The fourth-order valence-corrected chi connectivity index (χ4v) is 3.06. The van der Waals surface area contributed by atoms with Gasteiger partial charge >= 0.3 is 0 Å². The first-order valence-corrected chi connectivity index (χ1v) is 8.42. The van der Waals surface area contributed by atoms with Crippen LogP contribution in [0.1, 0.15) is 20.8 Å². The lowest BCUT2D eigenvalue weighted by molar-refractivity contribution is -0.123. The van der Waals surface area contributed by atoms with Gasteiger partial charge in [-0.3, -0.25) is 14.7 Å². The van der Waals surface area contributed by atoms with Gasteiger partial charge in [0.25, 0.3) is 5.56 Å². The Hall–Kier alpha value is -0.950. The van der Waals surface area contributed by atoms with Crippen LogP contribution in [-0.4, -0.2) is 15.7 Å². The number of hydrogen-bond donors (Lipinski definition) is 2.